The molecule has 0 radical (unpaired) electrons. The van der Waals surface area contributed by atoms with Gasteiger partial charge in [0.15, 0.2) is 0 Å². The van der Waals surface area contributed by atoms with Gasteiger partial charge in [0.2, 0.25) is 5.91 Å². The lowest BCUT2D eigenvalue weighted by molar-refractivity contribution is -0.122. The van der Waals surface area contributed by atoms with Gasteiger partial charge in [-0.05, 0) is 19.8 Å². The van der Waals surface area contributed by atoms with Crippen molar-refractivity contribution in [3.05, 3.63) is 11.9 Å². The fourth-order valence-corrected chi connectivity index (χ4v) is 1.35. The quantitative estimate of drug-likeness (QED) is 0.693. The molecule has 1 aliphatic rings. The van der Waals surface area contributed by atoms with Gasteiger partial charge in [0.05, 0.1) is 11.9 Å². The Morgan fingerprint density at radius 1 is 1.73 bits per heavy atom. The highest BCUT2D eigenvalue weighted by atomic mass is 16.2. The number of aromatic nitrogens is 3. The first-order valence-corrected chi connectivity index (χ1v) is 5.01. The predicted molar refractivity (Wildman–Crippen MR) is 53.7 cm³/mol. The summed E-state index contributed by atoms with van der Waals surface area (Å²) in [4.78, 5) is 11.5. The van der Waals surface area contributed by atoms with E-state index in [9.17, 15) is 4.79 Å². The van der Waals surface area contributed by atoms with Gasteiger partial charge in [-0.3, -0.25) is 4.79 Å². The van der Waals surface area contributed by atoms with Gasteiger partial charge in [-0.15, -0.1) is 5.10 Å². The average molecular weight is 209 g/mol. The van der Waals surface area contributed by atoms with Crippen LogP contribution in [0.3, 0.4) is 0 Å². The summed E-state index contributed by atoms with van der Waals surface area (Å²) in [5.41, 5.74) is 6.11. The molecule has 0 spiro atoms. The Morgan fingerprint density at radius 2 is 2.47 bits per heavy atom. The molecule has 1 aromatic rings. The Bertz CT molecular complexity index is 368. The van der Waals surface area contributed by atoms with E-state index < -0.39 is 0 Å². The minimum Gasteiger partial charge on any atom is -0.349 e. The van der Waals surface area contributed by atoms with Crippen LogP contribution in [0.25, 0.3) is 0 Å². The fourth-order valence-electron chi connectivity index (χ4n) is 1.35. The number of rotatable bonds is 4. The van der Waals surface area contributed by atoms with E-state index in [1.165, 1.54) is 4.68 Å². The smallest absolute Gasteiger partial charge is 0.242 e. The van der Waals surface area contributed by atoms with Crippen LogP contribution in [0.15, 0.2) is 6.20 Å². The first-order chi connectivity index (χ1) is 7.11. The summed E-state index contributed by atoms with van der Waals surface area (Å²) >= 11 is 0. The maximum Gasteiger partial charge on any atom is 0.242 e. The molecule has 1 aliphatic carbocycles. The van der Waals surface area contributed by atoms with Crippen molar-refractivity contribution in [2.45, 2.75) is 38.4 Å². The Balaban J connectivity index is 1.88. The summed E-state index contributed by atoms with van der Waals surface area (Å²) in [6, 6.07) is 0. The minimum atomic E-state index is -0.0246. The van der Waals surface area contributed by atoms with Crippen molar-refractivity contribution >= 4 is 5.91 Å². The van der Waals surface area contributed by atoms with Gasteiger partial charge in [-0.2, -0.15) is 0 Å². The predicted octanol–water partition coefficient (Wildman–Crippen LogP) is -0.595. The second kappa shape index (κ2) is 3.62. The van der Waals surface area contributed by atoms with E-state index in [0.717, 1.165) is 12.8 Å². The lowest BCUT2D eigenvalue weighted by Gasteiger charge is -2.10. The van der Waals surface area contributed by atoms with Crippen LogP contribution in [0.2, 0.25) is 0 Å². The third-order valence-corrected chi connectivity index (χ3v) is 2.54. The Hall–Kier alpha value is -1.43. The van der Waals surface area contributed by atoms with Gasteiger partial charge in [0.1, 0.15) is 6.54 Å². The van der Waals surface area contributed by atoms with E-state index in [1.54, 1.807) is 6.20 Å². The fraction of sp³-hybridized carbons (Fsp3) is 0.667. The van der Waals surface area contributed by atoms with E-state index in [-0.39, 0.29) is 18.0 Å². The molecule has 1 heterocycles. The van der Waals surface area contributed by atoms with Crippen LogP contribution in [0, 0.1) is 0 Å². The Labute approximate surface area is 87.8 Å². The van der Waals surface area contributed by atoms with Gasteiger partial charge in [0, 0.05) is 12.1 Å². The molecule has 0 unspecified atom stereocenters. The SMILES string of the molecule is CC1(NC(=O)Cn2cc(CN)nn2)CC1. The highest BCUT2D eigenvalue weighted by Crippen LogP contribution is 2.34. The Morgan fingerprint density at radius 3 is 3.00 bits per heavy atom. The molecule has 6 nitrogen and oxygen atoms in total. The Kier molecular flexibility index (Phi) is 2.44. The number of hydrogen-bond acceptors (Lipinski definition) is 4. The third kappa shape index (κ3) is 2.53. The van der Waals surface area contributed by atoms with E-state index in [0.29, 0.717) is 12.2 Å². The van der Waals surface area contributed by atoms with Crippen molar-refractivity contribution in [2.75, 3.05) is 0 Å². The highest BCUT2D eigenvalue weighted by Gasteiger charge is 2.38. The molecule has 0 atom stereocenters. The van der Waals surface area contributed by atoms with Crippen LogP contribution in [-0.2, 0) is 17.9 Å². The van der Waals surface area contributed by atoms with Crippen LogP contribution >= 0.6 is 0 Å². The van der Waals surface area contributed by atoms with Crippen molar-refractivity contribution in [1.82, 2.24) is 20.3 Å². The number of carbonyl (C=O) groups is 1. The maximum atomic E-state index is 11.5. The first kappa shape index (κ1) is 10.1. The molecule has 0 bridgehead atoms. The molecule has 82 valence electrons. The molecule has 0 aliphatic heterocycles. The standard InChI is InChI=1S/C9H15N5O/c1-9(2-3-9)11-8(15)6-14-5-7(4-10)12-13-14/h5H,2-4,6,10H2,1H3,(H,11,15). The van der Waals surface area contributed by atoms with Crippen molar-refractivity contribution in [3.8, 4) is 0 Å². The summed E-state index contributed by atoms with van der Waals surface area (Å²) < 4.78 is 1.50. The zero-order valence-electron chi connectivity index (χ0n) is 8.73. The molecule has 3 N–H and O–H groups in total. The monoisotopic (exact) mass is 209 g/mol. The van der Waals surface area contributed by atoms with E-state index >= 15 is 0 Å². The number of hydrogen-bond donors (Lipinski definition) is 2. The topological polar surface area (TPSA) is 85.8 Å². The summed E-state index contributed by atoms with van der Waals surface area (Å²) in [6.07, 6.45) is 3.81. The van der Waals surface area contributed by atoms with Crippen molar-refractivity contribution in [1.29, 1.82) is 0 Å². The van der Waals surface area contributed by atoms with Crippen molar-refractivity contribution in [3.63, 3.8) is 0 Å². The zero-order valence-corrected chi connectivity index (χ0v) is 8.73. The van der Waals surface area contributed by atoms with Crippen LogP contribution in [0.5, 0.6) is 0 Å². The largest absolute Gasteiger partial charge is 0.349 e. The normalized spacial score (nSPS) is 17.5. The zero-order chi connectivity index (χ0) is 10.9. The summed E-state index contributed by atoms with van der Waals surface area (Å²) in [5, 5.41) is 10.6. The average Bonchev–Trinajstić information content (AvgIpc) is 2.75. The molecule has 0 aromatic carbocycles. The second-order valence-corrected chi connectivity index (χ2v) is 4.22. The third-order valence-electron chi connectivity index (χ3n) is 2.54. The van der Waals surface area contributed by atoms with E-state index in [2.05, 4.69) is 15.6 Å². The lowest BCUT2D eigenvalue weighted by Crippen LogP contribution is -2.36. The minimum absolute atomic E-state index is 0.0222. The summed E-state index contributed by atoms with van der Waals surface area (Å²) in [7, 11) is 0. The van der Waals surface area contributed by atoms with Crippen molar-refractivity contribution in [2.24, 2.45) is 5.73 Å². The molecule has 1 aromatic heterocycles. The number of amides is 1. The molecule has 1 saturated carbocycles. The van der Waals surface area contributed by atoms with Crippen LogP contribution in [0.4, 0.5) is 0 Å². The van der Waals surface area contributed by atoms with Crippen molar-refractivity contribution < 1.29 is 4.79 Å². The van der Waals surface area contributed by atoms with Gasteiger partial charge in [-0.25, -0.2) is 4.68 Å². The van der Waals surface area contributed by atoms with Crippen LogP contribution in [-0.4, -0.2) is 26.4 Å². The molecule has 1 fully saturated rings. The van der Waals surface area contributed by atoms with E-state index in [1.807, 2.05) is 6.92 Å². The van der Waals surface area contributed by atoms with Gasteiger partial charge < -0.3 is 11.1 Å². The van der Waals surface area contributed by atoms with E-state index in [4.69, 9.17) is 5.73 Å². The molecule has 1 amide bonds. The first-order valence-electron chi connectivity index (χ1n) is 5.01. The maximum absolute atomic E-state index is 11.5. The summed E-state index contributed by atoms with van der Waals surface area (Å²) in [5.74, 6) is -0.0246. The molecular formula is C9H15N5O. The molecular weight excluding hydrogens is 194 g/mol. The lowest BCUT2D eigenvalue weighted by atomic mass is 10.3. The number of carbonyl (C=O) groups excluding carboxylic acids is 1. The second-order valence-electron chi connectivity index (χ2n) is 4.22. The number of nitrogens with two attached hydrogens (primary N) is 1. The molecule has 0 saturated heterocycles. The molecule has 6 heteroatoms. The van der Waals surface area contributed by atoms with Crippen LogP contribution < -0.4 is 11.1 Å². The van der Waals surface area contributed by atoms with Crippen LogP contribution in [0.1, 0.15) is 25.5 Å². The van der Waals surface area contributed by atoms with Gasteiger partial charge >= 0.3 is 0 Å². The summed E-state index contributed by atoms with van der Waals surface area (Å²) in [6.45, 7) is 2.60. The molecule has 15 heavy (non-hydrogen) atoms. The number of nitrogens with one attached hydrogen (secondary N) is 1. The highest BCUT2D eigenvalue weighted by molar-refractivity contribution is 5.76. The number of nitrogens with zero attached hydrogens (tertiary/aromatic N) is 3. The van der Waals surface area contributed by atoms with Gasteiger partial charge in [0.25, 0.3) is 0 Å². The molecule has 2 rings (SSSR count). The van der Waals surface area contributed by atoms with Gasteiger partial charge in [-0.1, -0.05) is 5.21 Å².